The van der Waals surface area contributed by atoms with Crippen LogP contribution < -0.4 is 0 Å². The lowest BCUT2D eigenvalue weighted by Crippen LogP contribution is -2.00. The number of thiophene rings is 1. The van der Waals surface area contributed by atoms with Crippen LogP contribution >= 0.6 is 11.3 Å². The lowest BCUT2D eigenvalue weighted by molar-refractivity contribution is 0.623. The Balaban J connectivity index is 1.08. The highest BCUT2D eigenvalue weighted by Crippen LogP contribution is 2.44. The molecule has 0 fully saturated rings. The third kappa shape index (κ3) is 4.79. The van der Waals surface area contributed by atoms with Crippen LogP contribution in [0.2, 0.25) is 0 Å². The van der Waals surface area contributed by atoms with Gasteiger partial charge in [0.15, 0.2) is 23.1 Å². The third-order valence-corrected chi connectivity index (χ3v) is 12.0. The number of benzene rings is 9. The maximum Gasteiger partial charge on any atom is 0.227 e. The van der Waals surface area contributed by atoms with Gasteiger partial charge in [0.1, 0.15) is 5.52 Å². The first-order chi connectivity index (χ1) is 27.7. The van der Waals surface area contributed by atoms with Gasteiger partial charge in [-0.3, -0.25) is 0 Å². The molecule has 3 heterocycles. The van der Waals surface area contributed by atoms with Crippen LogP contribution in [0.1, 0.15) is 0 Å². The molecule has 0 aliphatic rings. The van der Waals surface area contributed by atoms with Crippen molar-refractivity contribution >= 4 is 85.7 Å². The Hall–Kier alpha value is -7.28. The first kappa shape index (κ1) is 31.1. The predicted molar refractivity (Wildman–Crippen MR) is 232 cm³/mol. The van der Waals surface area contributed by atoms with Gasteiger partial charge in [-0.2, -0.15) is 0 Å². The molecular weight excluding hydrogens is 705 g/mol. The Morgan fingerprint density at radius 3 is 1.54 bits per heavy atom. The summed E-state index contributed by atoms with van der Waals surface area (Å²) in [6.07, 6.45) is 0. The largest absolute Gasteiger partial charge is 0.435 e. The highest BCUT2D eigenvalue weighted by atomic mass is 32.1. The van der Waals surface area contributed by atoms with Gasteiger partial charge in [-0.15, -0.1) is 11.3 Å². The van der Waals surface area contributed by atoms with Gasteiger partial charge in [0.25, 0.3) is 0 Å². The summed E-state index contributed by atoms with van der Waals surface area (Å²) in [5.41, 5.74) is 5.38. The van der Waals surface area contributed by atoms with Crippen LogP contribution in [0.4, 0.5) is 0 Å². The van der Waals surface area contributed by atoms with E-state index in [1.165, 1.54) is 37.0 Å². The zero-order valence-corrected chi connectivity index (χ0v) is 30.6. The van der Waals surface area contributed by atoms with Gasteiger partial charge in [0, 0.05) is 42.4 Å². The third-order valence-electron chi connectivity index (χ3n) is 10.9. The maximum absolute atomic E-state index is 6.57. The second-order valence-electron chi connectivity index (χ2n) is 14.2. The van der Waals surface area contributed by atoms with Crippen LogP contribution in [-0.2, 0) is 0 Å². The average Bonchev–Trinajstić information content (AvgIpc) is 3.89. The van der Waals surface area contributed by atoms with E-state index in [-0.39, 0.29) is 0 Å². The zero-order chi connectivity index (χ0) is 36.7. The van der Waals surface area contributed by atoms with E-state index < -0.39 is 0 Å². The van der Waals surface area contributed by atoms with E-state index in [2.05, 4.69) is 121 Å². The molecule has 0 aliphatic heterocycles. The first-order valence-electron chi connectivity index (χ1n) is 18.6. The summed E-state index contributed by atoms with van der Waals surface area (Å²) in [7, 11) is 0. The summed E-state index contributed by atoms with van der Waals surface area (Å²) in [4.78, 5) is 20.4. The fourth-order valence-electron chi connectivity index (χ4n) is 8.30. The van der Waals surface area contributed by atoms with Crippen molar-refractivity contribution in [3.63, 3.8) is 0 Å². The predicted octanol–water partition coefficient (Wildman–Crippen LogP) is 13.7. The molecule has 0 saturated heterocycles. The number of oxazole rings is 1. The number of nitrogens with zero attached hydrogens (tertiary/aromatic N) is 4. The first-order valence-corrected chi connectivity index (χ1v) is 19.4. The lowest BCUT2D eigenvalue weighted by Gasteiger charge is -2.13. The fourth-order valence-corrected chi connectivity index (χ4v) is 9.42. The molecule has 5 nitrogen and oxygen atoms in total. The molecular formula is C50H28N4OS. The van der Waals surface area contributed by atoms with Crippen LogP contribution in [0.5, 0.6) is 0 Å². The van der Waals surface area contributed by atoms with Crippen molar-refractivity contribution in [3.8, 4) is 45.6 Å². The van der Waals surface area contributed by atoms with Gasteiger partial charge in [-0.1, -0.05) is 127 Å². The zero-order valence-electron chi connectivity index (χ0n) is 29.8. The molecule has 12 aromatic rings. The quantitative estimate of drug-likeness (QED) is 0.169. The molecule has 0 atom stereocenters. The van der Waals surface area contributed by atoms with E-state index in [9.17, 15) is 0 Å². The van der Waals surface area contributed by atoms with E-state index in [0.29, 0.717) is 23.4 Å². The molecule has 56 heavy (non-hydrogen) atoms. The van der Waals surface area contributed by atoms with Crippen molar-refractivity contribution in [1.82, 2.24) is 19.9 Å². The molecule has 0 unspecified atom stereocenters. The molecule has 0 aliphatic carbocycles. The number of aromatic nitrogens is 4. The summed E-state index contributed by atoms with van der Waals surface area (Å²) >= 11 is 1.77. The maximum atomic E-state index is 6.57. The molecule has 0 bridgehead atoms. The molecule has 260 valence electrons. The molecule has 0 amide bonds. The lowest BCUT2D eigenvalue weighted by atomic mass is 9.93. The Labute approximate surface area is 324 Å². The van der Waals surface area contributed by atoms with Crippen molar-refractivity contribution in [2.45, 2.75) is 0 Å². The van der Waals surface area contributed by atoms with Crippen molar-refractivity contribution < 1.29 is 4.42 Å². The van der Waals surface area contributed by atoms with E-state index >= 15 is 0 Å². The van der Waals surface area contributed by atoms with E-state index in [1.807, 2.05) is 48.5 Å². The van der Waals surface area contributed by atoms with Gasteiger partial charge < -0.3 is 4.42 Å². The van der Waals surface area contributed by atoms with E-state index in [4.69, 9.17) is 24.4 Å². The molecule has 0 radical (unpaired) electrons. The molecule has 0 N–H and O–H groups in total. The van der Waals surface area contributed by atoms with Crippen molar-refractivity contribution in [3.05, 3.63) is 170 Å². The molecule has 9 aromatic carbocycles. The number of fused-ring (bicyclic) bond motifs is 13. The van der Waals surface area contributed by atoms with Crippen molar-refractivity contribution in [1.29, 1.82) is 0 Å². The van der Waals surface area contributed by atoms with Gasteiger partial charge in [0.05, 0.1) is 0 Å². The highest BCUT2D eigenvalue weighted by molar-refractivity contribution is 7.26. The van der Waals surface area contributed by atoms with Crippen LogP contribution in [0.15, 0.2) is 174 Å². The summed E-state index contributed by atoms with van der Waals surface area (Å²) in [6, 6.07) is 59.3. The second kappa shape index (κ2) is 12.1. The molecule has 6 heteroatoms. The Morgan fingerprint density at radius 2 is 0.857 bits per heavy atom. The fraction of sp³-hybridized carbons (Fsp3) is 0. The normalized spacial score (nSPS) is 11.9. The van der Waals surface area contributed by atoms with Crippen LogP contribution in [0.3, 0.4) is 0 Å². The minimum atomic E-state index is 0.618. The van der Waals surface area contributed by atoms with Crippen LogP contribution in [-0.4, -0.2) is 19.9 Å². The summed E-state index contributed by atoms with van der Waals surface area (Å²) in [6.45, 7) is 0. The Morgan fingerprint density at radius 1 is 0.357 bits per heavy atom. The van der Waals surface area contributed by atoms with Crippen molar-refractivity contribution in [2.24, 2.45) is 0 Å². The standard InChI is InChI=1S/C50H28N4OS/c1-3-11-30(12-4-1)47-52-48(54-49(53-47)33-21-23-38-36-17-8-7-15-34(36)35-16-9-10-18-37(35)40(38)28-33)32-20-19-29-22-25-42-44(39(29)27-32)45-43(56-42)26-24-41-46(45)55-50(51-41)31-13-5-2-6-14-31/h1-28H. The van der Waals surface area contributed by atoms with Crippen molar-refractivity contribution in [2.75, 3.05) is 0 Å². The van der Waals surface area contributed by atoms with E-state index in [1.54, 1.807) is 11.3 Å². The molecule has 0 saturated carbocycles. The highest BCUT2D eigenvalue weighted by Gasteiger charge is 2.19. The van der Waals surface area contributed by atoms with Gasteiger partial charge in [0.2, 0.25) is 5.89 Å². The van der Waals surface area contributed by atoms with Gasteiger partial charge >= 0.3 is 0 Å². The summed E-state index contributed by atoms with van der Waals surface area (Å²) < 4.78 is 8.92. The molecule has 3 aromatic heterocycles. The summed E-state index contributed by atoms with van der Waals surface area (Å²) in [5, 5.41) is 11.8. The minimum absolute atomic E-state index is 0.618. The Bertz CT molecular complexity index is 3500. The number of hydrogen-bond acceptors (Lipinski definition) is 6. The van der Waals surface area contributed by atoms with Crippen LogP contribution in [0, 0.1) is 0 Å². The van der Waals surface area contributed by atoms with Gasteiger partial charge in [-0.25, -0.2) is 19.9 Å². The summed E-state index contributed by atoms with van der Waals surface area (Å²) in [5.74, 6) is 2.50. The monoisotopic (exact) mass is 732 g/mol. The smallest absolute Gasteiger partial charge is 0.227 e. The topological polar surface area (TPSA) is 64.7 Å². The molecule has 12 rings (SSSR count). The van der Waals surface area contributed by atoms with Gasteiger partial charge in [-0.05, 0) is 85.6 Å². The SMILES string of the molecule is c1ccc(-c2nc(-c3ccc4c5ccccc5c5ccccc5c4c3)nc(-c3ccc4ccc5sc6ccc7nc(-c8ccccc8)oc7c6c5c4c3)n2)cc1. The van der Waals surface area contributed by atoms with Crippen LogP contribution in [0.25, 0.3) is 120 Å². The second-order valence-corrected chi connectivity index (χ2v) is 15.3. The Kier molecular flexibility index (Phi) is 6.73. The molecule has 0 spiro atoms. The van der Waals surface area contributed by atoms with E-state index in [0.717, 1.165) is 59.6 Å². The minimum Gasteiger partial charge on any atom is -0.435 e. The average molecular weight is 733 g/mol. The number of hydrogen-bond donors (Lipinski definition) is 0. The number of rotatable bonds is 4.